The second-order valence-corrected chi connectivity index (χ2v) is 10.6. The van der Waals surface area contributed by atoms with Crippen molar-refractivity contribution in [2.75, 3.05) is 57.3 Å². The Bertz CT molecular complexity index is 801. The lowest BCUT2D eigenvalue weighted by molar-refractivity contribution is -0.137. The highest BCUT2D eigenvalue weighted by molar-refractivity contribution is 7.86. The number of para-hydroxylation sites is 1. The Morgan fingerprint density at radius 3 is 2.07 bits per heavy atom. The number of piperazine rings is 1. The molecule has 3 aliphatic heterocycles. The molecule has 166 valence electrons. The molecular weight excluding hydrogens is 400 g/mol. The minimum atomic E-state index is -3.46. The molecule has 3 heterocycles. The number of anilines is 1. The van der Waals surface area contributed by atoms with E-state index in [2.05, 4.69) is 17.0 Å². The summed E-state index contributed by atoms with van der Waals surface area (Å²) in [7, 11) is -3.46. The van der Waals surface area contributed by atoms with Crippen LogP contribution in [0.1, 0.15) is 38.5 Å². The molecule has 0 aliphatic carbocycles. The molecule has 0 aromatic heterocycles. The second kappa shape index (κ2) is 9.66. The molecular formula is C22H34N4O3S. The number of benzene rings is 1. The van der Waals surface area contributed by atoms with E-state index in [-0.39, 0.29) is 11.8 Å². The number of carbonyl (C=O) groups excluding carboxylic acids is 1. The van der Waals surface area contributed by atoms with Crippen LogP contribution in [-0.2, 0) is 15.0 Å². The number of nitrogens with zero attached hydrogens (tertiary/aromatic N) is 4. The molecule has 3 fully saturated rings. The fraction of sp³-hybridized carbons (Fsp3) is 0.682. The number of hydrogen-bond acceptors (Lipinski definition) is 4. The normalized spacial score (nSPS) is 25.1. The van der Waals surface area contributed by atoms with E-state index in [9.17, 15) is 13.2 Å². The van der Waals surface area contributed by atoms with Gasteiger partial charge in [0.1, 0.15) is 0 Å². The maximum atomic E-state index is 13.2. The van der Waals surface area contributed by atoms with E-state index >= 15 is 0 Å². The molecule has 1 amide bonds. The zero-order valence-corrected chi connectivity index (χ0v) is 18.6. The Hall–Kier alpha value is -1.64. The van der Waals surface area contributed by atoms with Crippen LogP contribution in [0.2, 0.25) is 0 Å². The Morgan fingerprint density at radius 1 is 0.767 bits per heavy atom. The third-order valence-electron chi connectivity index (χ3n) is 6.66. The Morgan fingerprint density at radius 2 is 1.40 bits per heavy atom. The average molecular weight is 435 g/mol. The lowest BCUT2D eigenvalue weighted by Gasteiger charge is -2.40. The van der Waals surface area contributed by atoms with E-state index in [0.717, 1.165) is 51.6 Å². The van der Waals surface area contributed by atoms with Crippen molar-refractivity contribution in [3.05, 3.63) is 30.3 Å². The average Bonchev–Trinajstić information content (AvgIpc) is 3.10. The molecule has 1 atom stereocenters. The van der Waals surface area contributed by atoms with Crippen molar-refractivity contribution in [2.45, 2.75) is 38.5 Å². The SMILES string of the molecule is O=C([C@@H]1CCCN(S(=O)(=O)N2CCCCCC2)C1)N1CCN(c2ccccc2)CC1. The van der Waals surface area contributed by atoms with Crippen LogP contribution in [-0.4, -0.2) is 80.2 Å². The number of carbonyl (C=O) groups is 1. The first kappa shape index (κ1) is 21.6. The largest absolute Gasteiger partial charge is 0.368 e. The van der Waals surface area contributed by atoms with Crippen molar-refractivity contribution >= 4 is 21.8 Å². The van der Waals surface area contributed by atoms with Gasteiger partial charge in [0.2, 0.25) is 5.91 Å². The van der Waals surface area contributed by atoms with Gasteiger partial charge in [0, 0.05) is 58.0 Å². The van der Waals surface area contributed by atoms with E-state index in [1.165, 1.54) is 5.69 Å². The molecule has 0 spiro atoms. The molecule has 0 radical (unpaired) electrons. The van der Waals surface area contributed by atoms with Gasteiger partial charge >= 0.3 is 0 Å². The van der Waals surface area contributed by atoms with Gasteiger partial charge in [-0.1, -0.05) is 31.0 Å². The van der Waals surface area contributed by atoms with Crippen molar-refractivity contribution in [1.82, 2.24) is 13.5 Å². The van der Waals surface area contributed by atoms with Crippen LogP contribution in [0, 0.1) is 5.92 Å². The van der Waals surface area contributed by atoms with Crippen molar-refractivity contribution < 1.29 is 13.2 Å². The van der Waals surface area contributed by atoms with Gasteiger partial charge in [-0.15, -0.1) is 0 Å². The van der Waals surface area contributed by atoms with Crippen LogP contribution < -0.4 is 4.90 Å². The van der Waals surface area contributed by atoms with Gasteiger partial charge in [0.05, 0.1) is 5.92 Å². The molecule has 1 aromatic rings. The fourth-order valence-electron chi connectivity index (χ4n) is 4.87. The molecule has 0 N–H and O–H groups in total. The highest BCUT2D eigenvalue weighted by Gasteiger charge is 2.37. The predicted octanol–water partition coefficient (Wildman–Crippen LogP) is 2.17. The molecule has 0 unspecified atom stereocenters. The topological polar surface area (TPSA) is 64.2 Å². The van der Waals surface area contributed by atoms with Gasteiger partial charge in [-0.3, -0.25) is 4.79 Å². The Kier molecular flexibility index (Phi) is 6.95. The van der Waals surface area contributed by atoms with Gasteiger partial charge in [-0.2, -0.15) is 17.0 Å². The first-order chi connectivity index (χ1) is 14.6. The van der Waals surface area contributed by atoms with Gasteiger partial charge < -0.3 is 9.80 Å². The van der Waals surface area contributed by atoms with Crippen LogP contribution in [0.3, 0.4) is 0 Å². The maximum Gasteiger partial charge on any atom is 0.281 e. The minimum Gasteiger partial charge on any atom is -0.368 e. The minimum absolute atomic E-state index is 0.124. The monoisotopic (exact) mass is 434 g/mol. The molecule has 3 aliphatic rings. The van der Waals surface area contributed by atoms with Gasteiger partial charge in [0.15, 0.2) is 0 Å². The molecule has 7 nitrogen and oxygen atoms in total. The van der Waals surface area contributed by atoms with E-state index in [1.54, 1.807) is 8.61 Å². The molecule has 0 bridgehead atoms. The Balaban J connectivity index is 1.34. The summed E-state index contributed by atoms with van der Waals surface area (Å²) in [4.78, 5) is 17.4. The van der Waals surface area contributed by atoms with Crippen molar-refractivity contribution in [1.29, 1.82) is 0 Å². The predicted molar refractivity (Wildman–Crippen MR) is 118 cm³/mol. The van der Waals surface area contributed by atoms with Crippen LogP contribution in [0.15, 0.2) is 30.3 Å². The van der Waals surface area contributed by atoms with Gasteiger partial charge in [-0.05, 0) is 37.8 Å². The maximum absolute atomic E-state index is 13.2. The molecule has 8 heteroatoms. The third-order valence-corrected chi connectivity index (χ3v) is 8.67. The van der Waals surface area contributed by atoms with Crippen LogP contribution >= 0.6 is 0 Å². The van der Waals surface area contributed by atoms with E-state index in [4.69, 9.17) is 0 Å². The molecule has 4 rings (SSSR count). The molecule has 0 saturated carbocycles. The van der Waals surface area contributed by atoms with Crippen molar-refractivity contribution in [3.63, 3.8) is 0 Å². The van der Waals surface area contributed by atoms with Crippen LogP contribution in [0.4, 0.5) is 5.69 Å². The van der Waals surface area contributed by atoms with Gasteiger partial charge in [0.25, 0.3) is 10.2 Å². The standard InChI is InChI=1S/C22H34N4O3S/c27-22(24-17-15-23(16-18-24)21-10-4-3-5-11-21)20-9-8-14-26(19-20)30(28,29)25-12-6-1-2-7-13-25/h3-5,10-11,20H,1-2,6-9,12-19H2/t20-/m1/s1. The van der Waals surface area contributed by atoms with Crippen LogP contribution in [0.25, 0.3) is 0 Å². The zero-order valence-electron chi connectivity index (χ0n) is 17.8. The zero-order chi connectivity index (χ0) is 21.0. The third kappa shape index (κ3) is 4.81. The first-order valence-electron chi connectivity index (χ1n) is 11.4. The number of hydrogen-bond donors (Lipinski definition) is 0. The smallest absolute Gasteiger partial charge is 0.281 e. The lowest BCUT2D eigenvalue weighted by Crippen LogP contribution is -2.54. The molecule has 3 saturated heterocycles. The highest BCUT2D eigenvalue weighted by Crippen LogP contribution is 2.25. The first-order valence-corrected chi connectivity index (χ1v) is 12.8. The van der Waals surface area contributed by atoms with E-state index < -0.39 is 10.2 Å². The summed E-state index contributed by atoms with van der Waals surface area (Å²) >= 11 is 0. The second-order valence-electron chi connectivity index (χ2n) is 8.67. The number of rotatable bonds is 4. The number of piperidine rings is 1. The Labute approximate surface area is 180 Å². The summed E-state index contributed by atoms with van der Waals surface area (Å²) in [5, 5.41) is 0. The summed E-state index contributed by atoms with van der Waals surface area (Å²) in [6.07, 6.45) is 5.60. The summed E-state index contributed by atoms with van der Waals surface area (Å²) in [5.41, 5.74) is 1.19. The summed E-state index contributed by atoms with van der Waals surface area (Å²) in [6, 6.07) is 10.3. The number of amides is 1. The van der Waals surface area contributed by atoms with E-state index in [1.807, 2.05) is 23.1 Å². The fourth-order valence-corrected chi connectivity index (χ4v) is 6.65. The molecule has 30 heavy (non-hydrogen) atoms. The van der Waals surface area contributed by atoms with Crippen molar-refractivity contribution in [3.8, 4) is 0 Å². The summed E-state index contributed by atoms with van der Waals surface area (Å²) in [5.74, 6) is -0.0951. The lowest BCUT2D eigenvalue weighted by atomic mass is 9.97. The summed E-state index contributed by atoms with van der Waals surface area (Å²) < 4.78 is 29.5. The highest BCUT2D eigenvalue weighted by atomic mass is 32.2. The van der Waals surface area contributed by atoms with Crippen molar-refractivity contribution in [2.24, 2.45) is 5.92 Å². The van der Waals surface area contributed by atoms with E-state index in [0.29, 0.717) is 39.3 Å². The van der Waals surface area contributed by atoms with Gasteiger partial charge in [-0.25, -0.2) is 0 Å². The van der Waals surface area contributed by atoms with Crippen LogP contribution in [0.5, 0.6) is 0 Å². The quantitative estimate of drug-likeness (QED) is 0.729. The summed E-state index contributed by atoms with van der Waals surface area (Å²) in [6.45, 7) is 5.11. The molecule has 1 aromatic carbocycles.